The van der Waals surface area contributed by atoms with Gasteiger partial charge in [-0.05, 0) is 23.6 Å². The number of carboxylic acids is 1. The maximum Gasteiger partial charge on any atom is 0.349 e. The minimum atomic E-state index is -1.01. The maximum atomic E-state index is 11.0. The van der Waals surface area contributed by atoms with Crippen molar-refractivity contribution in [3.63, 3.8) is 0 Å². The number of rotatable bonds is 4. The molecule has 0 saturated heterocycles. The second-order valence-corrected chi connectivity index (χ2v) is 5.26. The zero-order valence-electron chi connectivity index (χ0n) is 10.8. The molecule has 0 atom stereocenters. The van der Waals surface area contributed by atoms with Crippen LogP contribution in [0.25, 0.3) is 5.52 Å². The van der Waals surface area contributed by atoms with Gasteiger partial charge in [0, 0.05) is 18.0 Å². The number of carboxylic acid groups (broad SMARTS) is 1. The molecule has 0 saturated carbocycles. The summed E-state index contributed by atoms with van der Waals surface area (Å²) in [6.45, 7) is 0.154. The molecular weight excluding hydrogens is 288 g/mol. The van der Waals surface area contributed by atoms with Crippen LogP contribution in [0.5, 0.6) is 5.75 Å². The summed E-state index contributed by atoms with van der Waals surface area (Å²) in [4.78, 5) is 11.2. The molecule has 1 N–H and O–H groups in total. The van der Waals surface area contributed by atoms with Gasteiger partial charge in [-0.1, -0.05) is 6.07 Å². The molecule has 3 rings (SSSR count). The Bertz CT molecular complexity index is 857. The molecule has 5 nitrogen and oxygen atoms in total. The number of carbonyl (C=O) groups is 1. The second-order valence-electron chi connectivity index (χ2n) is 4.34. The van der Waals surface area contributed by atoms with E-state index in [0.29, 0.717) is 11.3 Å². The minimum Gasteiger partial charge on any atom is -0.487 e. The summed E-state index contributed by atoms with van der Waals surface area (Å²) in [6, 6.07) is 9.39. The first-order chi connectivity index (χ1) is 10.2. The van der Waals surface area contributed by atoms with E-state index in [9.17, 15) is 10.1 Å². The Labute approximate surface area is 124 Å². The largest absolute Gasteiger partial charge is 0.487 e. The van der Waals surface area contributed by atoms with Gasteiger partial charge in [0.15, 0.2) is 4.88 Å². The Morgan fingerprint density at radius 1 is 1.43 bits per heavy atom. The summed E-state index contributed by atoms with van der Waals surface area (Å²) in [5.74, 6) is -0.686. The van der Waals surface area contributed by atoms with Crippen LogP contribution in [0.15, 0.2) is 42.0 Å². The average molecular weight is 298 g/mol. The predicted molar refractivity (Wildman–Crippen MR) is 77.7 cm³/mol. The number of aromatic nitrogens is 1. The molecule has 0 bridgehead atoms. The third-order valence-corrected chi connectivity index (χ3v) is 3.96. The fourth-order valence-corrected chi connectivity index (χ4v) is 2.81. The molecule has 3 heterocycles. The van der Waals surface area contributed by atoms with Gasteiger partial charge in [-0.3, -0.25) is 0 Å². The molecule has 0 amide bonds. The Kier molecular flexibility index (Phi) is 3.34. The summed E-state index contributed by atoms with van der Waals surface area (Å²) in [5.41, 5.74) is 2.08. The first-order valence-corrected chi connectivity index (χ1v) is 7.01. The van der Waals surface area contributed by atoms with Crippen molar-refractivity contribution in [2.45, 2.75) is 6.61 Å². The number of nitriles is 1. The summed E-state index contributed by atoms with van der Waals surface area (Å²) in [6.07, 6.45) is 3.67. The zero-order chi connectivity index (χ0) is 14.8. The number of thiophene rings is 1. The lowest BCUT2D eigenvalue weighted by Crippen LogP contribution is -2.00. The molecular formula is C15H10N2O3S. The lowest BCUT2D eigenvalue weighted by Gasteiger charge is -2.04. The van der Waals surface area contributed by atoms with Gasteiger partial charge in [0.2, 0.25) is 0 Å². The van der Waals surface area contributed by atoms with E-state index in [0.717, 1.165) is 22.4 Å². The van der Waals surface area contributed by atoms with E-state index in [1.807, 2.05) is 35.0 Å². The van der Waals surface area contributed by atoms with Crippen molar-refractivity contribution in [2.24, 2.45) is 0 Å². The minimum absolute atomic E-state index is 0.154. The van der Waals surface area contributed by atoms with Crippen LogP contribution >= 0.6 is 11.3 Å². The molecule has 0 spiro atoms. The van der Waals surface area contributed by atoms with Gasteiger partial charge in [0.25, 0.3) is 0 Å². The van der Waals surface area contributed by atoms with E-state index in [2.05, 4.69) is 6.07 Å². The number of hydrogen-bond acceptors (Lipinski definition) is 4. The fraction of sp³-hybridized carbons (Fsp3) is 0.0667. The fourth-order valence-electron chi connectivity index (χ4n) is 2.14. The van der Waals surface area contributed by atoms with Crippen LogP contribution < -0.4 is 4.74 Å². The van der Waals surface area contributed by atoms with Crippen molar-refractivity contribution < 1.29 is 14.6 Å². The molecule has 0 radical (unpaired) electrons. The zero-order valence-corrected chi connectivity index (χ0v) is 11.6. The maximum absolute atomic E-state index is 11.0. The normalized spacial score (nSPS) is 10.4. The highest BCUT2D eigenvalue weighted by atomic mass is 32.1. The van der Waals surface area contributed by atoms with E-state index < -0.39 is 5.97 Å². The third kappa shape index (κ3) is 2.35. The molecule has 6 heteroatoms. The lowest BCUT2D eigenvalue weighted by atomic mass is 10.2. The third-order valence-electron chi connectivity index (χ3n) is 3.08. The van der Waals surface area contributed by atoms with E-state index in [-0.39, 0.29) is 11.5 Å². The SMILES string of the molecule is N#Cc1c(COc2ccsc2C(=O)O)cn2ccccc12. The first kappa shape index (κ1) is 13.2. The van der Waals surface area contributed by atoms with Crippen molar-refractivity contribution in [3.05, 3.63) is 58.0 Å². The molecule has 0 aromatic carbocycles. The average Bonchev–Trinajstić information content (AvgIpc) is 3.08. The Morgan fingerprint density at radius 3 is 3.05 bits per heavy atom. The number of aromatic carboxylic acids is 1. The number of pyridine rings is 1. The number of nitrogens with zero attached hydrogens (tertiary/aromatic N) is 2. The van der Waals surface area contributed by atoms with Gasteiger partial charge in [0.1, 0.15) is 18.4 Å². The molecule has 0 unspecified atom stereocenters. The van der Waals surface area contributed by atoms with Crippen LogP contribution in [0.1, 0.15) is 20.8 Å². The summed E-state index contributed by atoms with van der Waals surface area (Å²) in [5, 5.41) is 20.0. The van der Waals surface area contributed by atoms with Gasteiger partial charge in [0.05, 0.1) is 11.1 Å². The van der Waals surface area contributed by atoms with Crippen LogP contribution in [-0.2, 0) is 6.61 Å². The highest BCUT2D eigenvalue weighted by Crippen LogP contribution is 2.26. The molecule has 0 aliphatic heterocycles. The lowest BCUT2D eigenvalue weighted by molar-refractivity contribution is 0.0697. The van der Waals surface area contributed by atoms with E-state index >= 15 is 0 Å². The molecule has 0 aliphatic rings. The molecule has 104 valence electrons. The summed E-state index contributed by atoms with van der Waals surface area (Å²) < 4.78 is 7.41. The van der Waals surface area contributed by atoms with E-state index in [1.165, 1.54) is 0 Å². The van der Waals surface area contributed by atoms with E-state index in [1.54, 1.807) is 11.4 Å². The Hall–Kier alpha value is -2.78. The standard InChI is InChI=1S/C15H10N2O3S/c16-7-11-10(8-17-5-2-1-3-12(11)17)9-20-13-4-6-21-14(13)15(18)19/h1-6,8H,9H2,(H,18,19). The van der Waals surface area contributed by atoms with Crippen molar-refractivity contribution in [2.75, 3.05) is 0 Å². The van der Waals surface area contributed by atoms with Gasteiger partial charge >= 0.3 is 5.97 Å². The van der Waals surface area contributed by atoms with Crippen molar-refractivity contribution in [3.8, 4) is 11.8 Å². The van der Waals surface area contributed by atoms with Crippen LogP contribution in [0.2, 0.25) is 0 Å². The molecule has 3 aromatic heterocycles. The van der Waals surface area contributed by atoms with Crippen molar-refractivity contribution in [1.29, 1.82) is 5.26 Å². The summed E-state index contributed by atoms with van der Waals surface area (Å²) in [7, 11) is 0. The monoisotopic (exact) mass is 298 g/mol. The van der Waals surface area contributed by atoms with Gasteiger partial charge in [-0.2, -0.15) is 5.26 Å². The molecule has 0 fully saturated rings. The van der Waals surface area contributed by atoms with Gasteiger partial charge in [-0.25, -0.2) is 4.79 Å². The summed E-state index contributed by atoms with van der Waals surface area (Å²) >= 11 is 1.11. The Morgan fingerprint density at radius 2 is 2.29 bits per heavy atom. The number of fused-ring (bicyclic) bond motifs is 1. The first-order valence-electron chi connectivity index (χ1n) is 6.13. The smallest absolute Gasteiger partial charge is 0.349 e. The van der Waals surface area contributed by atoms with E-state index in [4.69, 9.17) is 9.84 Å². The van der Waals surface area contributed by atoms with Crippen LogP contribution in [0.4, 0.5) is 0 Å². The molecule has 3 aromatic rings. The Balaban J connectivity index is 1.90. The number of ether oxygens (including phenoxy) is 1. The molecule has 0 aliphatic carbocycles. The van der Waals surface area contributed by atoms with Gasteiger partial charge < -0.3 is 14.2 Å². The van der Waals surface area contributed by atoms with Crippen molar-refractivity contribution in [1.82, 2.24) is 4.40 Å². The molecule has 21 heavy (non-hydrogen) atoms. The second kappa shape index (κ2) is 5.31. The van der Waals surface area contributed by atoms with Gasteiger partial charge in [-0.15, -0.1) is 11.3 Å². The topological polar surface area (TPSA) is 74.7 Å². The quantitative estimate of drug-likeness (QED) is 0.803. The van der Waals surface area contributed by atoms with Crippen molar-refractivity contribution >= 4 is 22.8 Å². The van der Waals surface area contributed by atoms with Crippen LogP contribution in [-0.4, -0.2) is 15.5 Å². The van der Waals surface area contributed by atoms with Crippen LogP contribution in [0.3, 0.4) is 0 Å². The van der Waals surface area contributed by atoms with Crippen LogP contribution in [0, 0.1) is 11.3 Å². The number of hydrogen-bond donors (Lipinski definition) is 1. The highest BCUT2D eigenvalue weighted by Gasteiger charge is 2.15. The highest BCUT2D eigenvalue weighted by molar-refractivity contribution is 7.12. The predicted octanol–water partition coefficient (Wildman–Crippen LogP) is 3.15.